The van der Waals surface area contributed by atoms with Crippen LogP contribution in [0.2, 0.25) is 0 Å². The highest BCUT2D eigenvalue weighted by atomic mass is 32.2. The molecule has 0 aliphatic heterocycles. The van der Waals surface area contributed by atoms with E-state index in [-0.39, 0.29) is 11.4 Å². The maximum atomic E-state index is 11.3. The van der Waals surface area contributed by atoms with Crippen molar-refractivity contribution < 1.29 is 31.0 Å². The summed E-state index contributed by atoms with van der Waals surface area (Å²) >= 11 is 0. The van der Waals surface area contributed by atoms with Crippen molar-refractivity contribution in [2.24, 2.45) is 0 Å². The highest BCUT2D eigenvalue weighted by Crippen LogP contribution is 2.32. The molecule has 3 rings (SSSR count). The average Bonchev–Trinajstić information content (AvgIpc) is 2.55. The van der Waals surface area contributed by atoms with E-state index in [4.69, 9.17) is 10.3 Å². The quantitative estimate of drug-likeness (QED) is 0.320. The number of hydrogen-bond acceptors (Lipinski definition) is 7. The van der Waals surface area contributed by atoms with E-state index in [1.165, 1.54) is 30.3 Å². The molecule has 0 fully saturated rings. The van der Waals surface area contributed by atoms with E-state index in [1.54, 1.807) is 6.07 Å². The summed E-state index contributed by atoms with van der Waals surface area (Å²) in [7, 11) is -8.96. The zero-order valence-electron chi connectivity index (χ0n) is 13.5. The molecule has 0 unspecified atom stereocenters. The molecule has 27 heavy (non-hydrogen) atoms. The van der Waals surface area contributed by atoms with Crippen molar-refractivity contribution in [1.29, 1.82) is 0 Å². The summed E-state index contributed by atoms with van der Waals surface area (Å²) in [6, 6.07) is 10.6. The first-order valence-corrected chi connectivity index (χ1v) is 10.2. The second kappa shape index (κ2) is 6.39. The van der Waals surface area contributed by atoms with Crippen LogP contribution in [-0.2, 0) is 20.2 Å². The summed E-state index contributed by atoms with van der Waals surface area (Å²) in [5, 5.41) is 13.6. The topological polar surface area (TPSA) is 167 Å². The summed E-state index contributed by atoms with van der Waals surface area (Å²) < 4.78 is 63.4. The Balaban J connectivity index is 2.03. The molecule has 0 saturated heterocycles. The van der Waals surface area contributed by atoms with Crippen molar-refractivity contribution in [3.63, 3.8) is 0 Å². The van der Waals surface area contributed by atoms with Gasteiger partial charge in [0.1, 0.15) is 10.6 Å². The van der Waals surface area contributed by atoms with E-state index < -0.39 is 30.0 Å². The molecule has 0 spiro atoms. The summed E-state index contributed by atoms with van der Waals surface area (Å²) in [6.07, 6.45) is 0. The van der Waals surface area contributed by atoms with Gasteiger partial charge in [-0.1, -0.05) is 6.07 Å². The van der Waals surface area contributed by atoms with Crippen LogP contribution in [0.3, 0.4) is 0 Å². The van der Waals surface area contributed by atoms with Crippen LogP contribution in [0, 0.1) is 0 Å². The number of phenols is 1. The number of hydrogen-bond donors (Lipinski definition) is 5. The third kappa shape index (κ3) is 3.95. The van der Waals surface area contributed by atoms with Crippen LogP contribution in [0.15, 0.2) is 58.3 Å². The summed E-state index contributed by atoms with van der Waals surface area (Å²) in [6.45, 7) is 0. The standard InChI is InChI=1S/C16H14N2O7S2/c17-14-4-3-11(7-16(14)27(23,24)25)18-10-2-1-9-5-12(26(20,21)22)8-15(19)13(9)6-10/h1-8,18-19H,17H2,(H,20,21,22)(H,23,24,25). The molecular formula is C16H14N2O7S2. The molecule has 0 aromatic heterocycles. The van der Waals surface area contributed by atoms with Crippen LogP contribution < -0.4 is 11.1 Å². The van der Waals surface area contributed by atoms with Crippen molar-refractivity contribution >= 4 is 48.1 Å². The number of rotatable bonds is 4. The Hall–Kier alpha value is -2.86. The first kappa shape index (κ1) is 18.9. The Morgan fingerprint density at radius 3 is 2.07 bits per heavy atom. The molecule has 0 aliphatic rings. The number of nitrogen functional groups attached to an aromatic ring is 1. The van der Waals surface area contributed by atoms with Gasteiger partial charge in [-0.2, -0.15) is 16.8 Å². The number of nitrogens with one attached hydrogen (secondary N) is 1. The first-order chi connectivity index (χ1) is 12.4. The Bertz CT molecular complexity index is 1270. The minimum atomic E-state index is -4.49. The molecule has 11 heteroatoms. The molecule has 9 nitrogen and oxygen atoms in total. The molecule has 0 saturated carbocycles. The summed E-state index contributed by atoms with van der Waals surface area (Å²) in [5.41, 5.74) is 6.19. The third-order valence-electron chi connectivity index (χ3n) is 3.78. The molecule has 0 aliphatic carbocycles. The highest BCUT2D eigenvalue weighted by molar-refractivity contribution is 7.86. The fourth-order valence-electron chi connectivity index (χ4n) is 2.54. The number of benzene rings is 3. The monoisotopic (exact) mass is 410 g/mol. The maximum absolute atomic E-state index is 11.3. The van der Waals surface area contributed by atoms with Gasteiger partial charge < -0.3 is 16.2 Å². The minimum absolute atomic E-state index is 0.114. The van der Waals surface area contributed by atoms with E-state index in [2.05, 4.69) is 5.32 Å². The van der Waals surface area contributed by atoms with Crippen LogP contribution in [-0.4, -0.2) is 31.0 Å². The molecular weight excluding hydrogens is 396 g/mol. The molecule has 0 radical (unpaired) electrons. The smallest absolute Gasteiger partial charge is 0.296 e. The third-order valence-corrected chi connectivity index (χ3v) is 5.52. The van der Waals surface area contributed by atoms with Gasteiger partial charge in [0.25, 0.3) is 20.2 Å². The number of phenolic OH excluding ortho intramolecular Hbond substituents is 1. The lowest BCUT2D eigenvalue weighted by Crippen LogP contribution is -2.04. The van der Waals surface area contributed by atoms with Gasteiger partial charge in [-0.25, -0.2) is 0 Å². The lowest BCUT2D eigenvalue weighted by Gasteiger charge is -2.11. The van der Waals surface area contributed by atoms with Gasteiger partial charge in [-0.15, -0.1) is 0 Å². The Morgan fingerprint density at radius 1 is 0.815 bits per heavy atom. The zero-order chi connectivity index (χ0) is 20.0. The normalized spacial score (nSPS) is 12.2. The van der Waals surface area contributed by atoms with E-state index in [0.717, 1.165) is 12.1 Å². The van der Waals surface area contributed by atoms with Crippen molar-refractivity contribution in [3.8, 4) is 5.75 Å². The van der Waals surface area contributed by atoms with Gasteiger partial charge in [0, 0.05) is 22.8 Å². The van der Waals surface area contributed by atoms with E-state index in [0.29, 0.717) is 22.1 Å². The van der Waals surface area contributed by atoms with Gasteiger partial charge in [-0.3, -0.25) is 9.11 Å². The van der Waals surface area contributed by atoms with Crippen molar-refractivity contribution in [1.82, 2.24) is 0 Å². The number of fused-ring (bicyclic) bond motifs is 1. The molecule has 3 aromatic carbocycles. The Morgan fingerprint density at radius 2 is 1.44 bits per heavy atom. The Kier molecular flexibility index (Phi) is 4.48. The summed E-state index contributed by atoms with van der Waals surface area (Å²) in [4.78, 5) is -0.890. The van der Waals surface area contributed by atoms with Gasteiger partial charge in [-0.05, 0) is 41.8 Å². The molecule has 142 valence electrons. The van der Waals surface area contributed by atoms with Crippen LogP contribution in [0.5, 0.6) is 5.75 Å². The van der Waals surface area contributed by atoms with Crippen molar-refractivity contribution in [2.45, 2.75) is 9.79 Å². The van der Waals surface area contributed by atoms with Gasteiger partial charge >= 0.3 is 0 Å². The second-order valence-corrected chi connectivity index (χ2v) is 8.52. The van der Waals surface area contributed by atoms with Crippen molar-refractivity contribution in [2.75, 3.05) is 11.1 Å². The Labute approximate surface area is 154 Å². The first-order valence-electron chi connectivity index (χ1n) is 7.33. The number of anilines is 3. The lowest BCUT2D eigenvalue weighted by atomic mass is 10.1. The van der Waals surface area contributed by atoms with E-state index in [9.17, 15) is 26.5 Å². The van der Waals surface area contributed by atoms with Gasteiger partial charge in [0.05, 0.1) is 10.6 Å². The minimum Gasteiger partial charge on any atom is -0.507 e. The highest BCUT2D eigenvalue weighted by Gasteiger charge is 2.16. The van der Waals surface area contributed by atoms with Crippen LogP contribution in [0.4, 0.5) is 17.1 Å². The van der Waals surface area contributed by atoms with E-state index in [1.807, 2.05) is 0 Å². The van der Waals surface area contributed by atoms with Crippen LogP contribution in [0.25, 0.3) is 10.8 Å². The largest absolute Gasteiger partial charge is 0.507 e. The maximum Gasteiger partial charge on any atom is 0.296 e. The SMILES string of the molecule is Nc1ccc(Nc2ccc3cc(S(=O)(=O)O)cc(O)c3c2)cc1S(=O)(=O)O. The van der Waals surface area contributed by atoms with Gasteiger partial charge in [0.15, 0.2) is 0 Å². The molecule has 0 bridgehead atoms. The zero-order valence-corrected chi connectivity index (χ0v) is 15.1. The molecule has 0 amide bonds. The molecule has 0 atom stereocenters. The molecule has 3 aromatic rings. The molecule has 0 heterocycles. The predicted molar refractivity (Wildman–Crippen MR) is 99.4 cm³/mol. The predicted octanol–water partition coefficient (Wildman–Crippen LogP) is 2.36. The van der Waals surface area contributed by atoms with E-state index >= 15 is 0 Å². The average molecular weight is 410 g/mol. The fraction of sp³-hybridized carbons (Fsp3) is 0. The number of aromatic hydroxyl groups is 1. The number of nitrogens with two attached hydrogens (primary N) is 1. The fourth-order valence-corrected chi connectivity index (χ4v) is 3.72. The lowest BCUT2D eigenvalue weighted by molar-refractivity contribution is 0.471. The second-order valence-electron chi connectivity index (χ2n) is 5.71. The van der Waals surface area contributed by atoms with Crippen molar-refractivity contribution in [3.05, 3.63) is 48.5 Å². The van der Waals surface area contributed by atoms with Gasteiger partial charge in [0.2, 0.25) is 0 Å². The van der Waals surface area contributed by atoms with Crippen LogP contribution >= 0.6 is 0 Å². The van der Waals surface area contributed by atoms with Crippen LogP contribution in [0.1, 0.15) is 0 Å². The molecule has 6 N–H and O–H groups in total. The summed E-state index contributed by atoms with van der Waals surface area (Å²) in [5.74, 6) is -0.361.